The fourth-order valence-corrected chi connectivity index (χ4v) is 11.7. The van der Waals surface area contributed by atoms with Crippen molar-refractivity contribution in [3.05, 3.63) is 0 Å². The van der Waals surface area contributed by atoms with Crippen molar-refractivity contribution in [3.63, 3.8) is 0 Å². The van der Waals surface area contributed by atoms with E-state index < -0.39 is 32.7 Å². The van der Waals surface area contributed by atoms with E-state index in [1.165, 1.54) is 302 Å². The molecule has 0 saturated carbocycles. The SMILES string of the molecule is CCCCCCCCCCCCCCCCCCCCCCCCCCCCCCCCCCCCCCCCCCCC(=O)NC(COP(=O)([O-])OCC[N+](C)(C)C)C(O)C(O)CCCCCCCCCCCCCC. The van der Waals surface area contributed by atoms with E-state index in [2.05, 4.69) is 19.2 Å². The highest BCUT2D eigenvalue weighted by atomic mass is 31.2. The average molecular weight is 1110 g/mol. The molecule has 77 heavy (non-hydrogen) atoms. The fraction of sp³-hybridized carbons (Fsp3) is 0.985. The van der Waals surface area contributed by atoms with Crippen LogP contribution >= 0.6 is 7.82 Å². The Morgan fingerprint density at radius 2 is 0.662 bits per heavy atom. The minimum atomic E-state index is -4.67. The molecule has 10 heteroatoms. The van der Waals surface area contributed by atoms with Crippen LogP contribution in [-0.2, 0) is 18.4 Å². The van der Waals surface area contributed by atoms with Gasteiger partial charge in [-0.1, -0.05) is 348 Å². The summed E-state index contributed by atoms with van der Waals surface area (Å²) < 4.78 is 23.3. The number of nitrogens with zero attached hydrogens (tertiary/aromatic N) is 1. The van der Waals surface area contributed by atoms with Gasteiger partial charge >= 0.3 is 0 Å². The molecule has 1 amide bonds. The number of aliphatic hydroxyl groups is 2. The highest BCUT2D eigenvalue weighted by Crippen LogP contribution is 2.38. The summed E-state index contributed by atoms with van der Waals surface area (Å²) in [6, 6.07) is -1.07. The Morgan fingerprint density at radius 3 is 0.922 bits per heavy atom. The van der Waals surface area contributed by atoms with E-state index in [1.807, 2.05) is 21.1 Å². The number of hydrogen-bond acceptors (Lipinski definition) is 7. The number of quaternary nitrogens is 1. The summed E-state index contributed by atoms with van der Waals surface area (Å²) in [7, 11) is 1.15. The number of carbonyl (C=O) groups is 1. The van der Waals surface area contributed by atoms with E-state index in [9.17, 15) is 24.5 Å². The van der Waals surface area contributed by atoms with Crippen LogP contribution in [0.4, 0.5) is 0 Å². The minimum Gasteiger partial charge on any atom is -0.756 e. The normalized spacial score (nSPS) is 14.0. The fourth-order valence-electron chi connectivity index (χ4n) is 11.0. The Hall–Kier alpha value is -0.540. The molecule has 0 aliphatic rings. The van der Waals surface area contributed by atoms with Gasteiger partial charge in [0.05, 0.1) is 39.9 Å². The summed E-state index contributed by atoms with van der Waals surface area (Å²) in [5.74, 6) is -0.270. The van der Waals surface area contributed by atoms with E-state index in [-0.39, 0.29) is 18.9 Å². The standard InChI is InChI=1S/C67H137N2O7P/c1-6-8-10-12-14-16-18-20-21-22-23-24-25-26-27-28-29-30-31-32-33-34-35-36-37-38-39-40-41-42-43-44-45-46-47-48-50-52-54-56-58-60-66(71)68-64(63-76-77(73,74)75-62-61-69(3,4)5)67(72)65(70)59-57-55-53-51-49-19-17-15-13-11-9-7-2/h64-65,67,70,72H,6-63H2,1-5H3,(H-,68,71,73,74). The maximum atomic E-state index is 13.0. The van der Waals surface area contributed by atoms with Gasteiger partial charge in [-0.2, -0.15) is 0 Å². The maximum Gasteiger partial charge on any atom is 0.268 e. The summed E-state index contributed by atoms with van der Waals surface area (Å²) in [5.41, 5.74) is 0. The van der Waals surface area contributed by atoms with Crippen LogP contribution in [0.25, 0.3) is 0 Å². The summed E-state index contributed by atoms with van der Waals surface area (Å²) >= 11 is 0. The van der Waals surface area contributed by atoms with Gasteiger partial charge in [0.15, 0.2) is 0 Å². The van der Waals surface area contributed by atoms with Crippen LogP contribution in [0.15, 0.2) is 0 Å². The number of carbonyl (C=O) groups excluding carboxylic acids is 1. The molecule has 0 aliphatic heterocycles. The second-order valence-electron chi connectivity index (χ2n) is 25.4. The van der Waals surface area contributed by atoms with Crippen LogP contribution in [0.1, 0.15) is 367 Å². The number of aliphatic hydroxyl groups excluding tert-OH is 2. The Morgan fingerprint density at radius 1 is 0.416 bits per heavy atom. The van der Waals surface area contributed by atoms with Crippen molar-refractivity contribution in [3.8, 4) is 0 Å². The van der Waals surface area contributed by atoms with Gasteiger partial charge in [0.25, 0.3) is 7.82 Å². The van der Waals surface area contributed by atoms with Crippen molar-refractivity contribution in [2.45, 2.75) is 385 Å². The summed E-state index contributed by atoms with van der Waals surface area (Å²) in [5, 5.41) is 24.8. The molecule has 3 N–H and O–H groups in total. The van der Waals surface area contributed by atoms with E-state index in [0.29, 0.717) is 17.4 Å². The third-order valence-electron chi connectivity index (χ3n) is 16.4. The molecule has 0 spiro atoms. The Bertz CT molecular complexity index is 1240. The smallest absolute Gasteiger partial charge is 0.268 e. The molecular formula is C67H137N2O7P. The first kappa shape index (κ1) is 76.5. The number of rotatable bonds is 65. The van der Waals surface area contributed by atoms with Crippen molar-refractivity contribution in [2.75, 3.05) is 40.9 Å². The Kier molecular flexibility index (Phi) is 58.2. The van der Waals surface area contributed by atoms with E-state index >= 15 is 0 Å². The molecule has 0 aromatic rings. The summed E-state index contributed by atoms with van der Waals surface area (Å²) in [6.45, 7) is 4.49. The zero-order valence-electron chi connectivity index (χ0n) is 52.6. The van der Waals surface area contributed by atoms with Gasteiger partial charge in [-0.3, -0.25) is 9.36 Å². The van der Waals surface area contributed by atoms with E-state index in [4.69, 9.17) is 9.05 Å². The third-order valence-corrected chi connectivity index (χ3v) is 17.4. The summed E-state index contributed by atoms with van der Waals surface area (Å²) in [4.78, 5) is 25.6. The molecule has 4 atom stereocenters. The molecule has 0 heterocycles. The van der Waals surface area contributed by atoms with E-state index in [1.54, 1.807) is 0 Å². The number of phosphoric ester groups is 1. The van der Waals surface area contributed by atoms with Crippen LogP contribution in [0.3, 0.4) is 0 Å². The molecule has 462 valence electrons. The zero-order chi connectivity index (χ0) is 56.4. The van der Waals surface area contributed by atoms with Gasteiger partial charge in [-0.15, -0.1) is 0 Å². The topological polar surface area (TPSA) is 128 Å². The maximum absolute atomic E-state index is 13.0. The number of phosphoric acid groups is 1. The molecule has 0 saturated heterocycles. The van der Waals surface area contributed by atoms with Crippen LogP contribution in [0, 0.1) is 0 Å². The Balaban J connectivity index is 3.82. The van der Waals surface area contributed by atoms with Crippen molar-refractivity contribution in [1.82, 2.24) is 5.32 Å². The highest BCUT2D eigenvalue weighted by Gasteiger charge is 2.29. The highest BCUT2D eigenvalue weighted by molar-refractivity contribution is 7.45. The molecule has 9 nitrogen and oxygen atoms in total. The largest absolute Gasteiger partial charge is 0.756 e. The number of unbranched alkanes of at least 4 members (excludes halogenated alkanes) is 51. The van der Waals surface area contributed by atoms with Crippen molar-refractivity contribution < 1.29 is 38.0 Å². The first-order chi connectivity index (χ1) is 37.4. The van der Waals surface area contributed by atoms with Crippen LogP contribution in [0.2, 0.25) is 0 Å². The van der Waals surface area contributed by atoms with Crippen LogP contribution in [0.5, 0.6) is 0 Å². The third kappa shape index (κ3) is 59.9. The molecule has 0 radical (unpaired) electrons. The zero-order valence-corrected chi connectivity index (χ0v) is 53.5. The molecular weight excluding hydrogens is 976 g/mol. The molecule has 0 aliphatic carbocycles. The number of nitrogens with one attached hydrogen (secondary N) is 1. The lowest BCUT2D eigenvalue weighted by molar-refractivity contribution is -0.870. The average Bonchev–Trinajstić information content (AvgIpc) is 3.39. The molecule has 0 aromatic carbocycles. The Labute approximate surface area is 481 Å². The quantitative estimate of drug-likeness (QED) is 0.0314. The van der Waals surface area contributed by atoms with Gasteiger partial charge in [-0.05, 0) is 12.8 Å². The second kappa shape index (κ2) is 58.6. The van der Waals surface area contributed by atoms with Crippen molar-refractivity contribution >= 4 is 13.7 Å². The van der Waals surface area contributed by atoms with Gasteiger partial charge < -0.3 is 34.0 Å². The lowest BCUT2D eigenvalue weighted by Crippen LogP contribution is -2.51. The summed E-state index contributed by atoms with van der Waals surface area (Å²) in [6.07, 6.45) is 69.5. The number of likely N-dealkylation sites (N-methyl/N-ethyl adjacent to an activating group) is 1. The second-order valence-corrected chi connectivity index (χ2v) is 26.8. The van der Waals surface area contributed by atoms with Crippen molar-refractivity contribution in [2.24, 2.45) is 0 Å². The number of hydrogen-bond donors (Lipinski definition) is 3. The van der Waals surface area contributed by atoms with Crippen LogP contribution < -0.4 is 10.2 Å². The van der Waals surface area contributed by atoms with Crippen LogP contribution in [-0.4, -0.2) is 79.8 Å². The molecule has 0 rings (SSSR count). The monoisotopic (exact) mass is 1110 g/mol. The van der Waals surface area contributed by atoms with Gasteiger partial charge in [0, 0.05) is 6.42 Å². The molecule has 0 aromatic heterocycles. The van der Waals surface area contributed by atoms with Gasteiger partial charge in [0.2, 0.25) is 5.91 Å². The first-order valence-corrected chi connectivity index (χ1v) is 35.9. The lowest BCUT2D eigenvalue weighted by Gasteiger charge is -2.31. The number of amides is 1. The molecule has 0 fully saturated rings. The predicted octanol–water partition coefficient (Wildman–Crippen LogP) is 19.9. The lowest BCUT2D eigenvalue weighted by atomic mass is 9.99. The van der Waals surface area contributed by atoms with Gasteiger partial charge in [-0.25, -0.2) is 0 Å². The van der Waals surface area contributed by atoms with Crippen molar-refractivity contribution in [1.29, 1.82) is 0 Å². The molecule has 4 unspecified atom stereocenters. The predicted molar refractivity (Wildman–Crippen MR) is 332 cm³/mol. The van der Waals surface area contributed by atoms with E-state index in [0.717, 1.165) is 38.5 Å². The first-order valence-electron chi connectivity index (χ1n) is 34.5. The minimum absolute atomic E-state index is 0.0365. The van der Waals surface area contributed by atoms with Gasteiger partial charge in [0.1, 0.15) is 19.3 Å². The molecule has 0 bridgehead atoms.